The van der Waals surface area contributed by atoms with Crippen molar-refractivity contribution in [2.75, 3.05) is 12.3 Å². The molecule has 0 bridgehead atoms. The van der Waals surface area contributed by atoms with E-state index in [-0.39, 0.29) is 0 Å². The van der Waals surface area contributed by atoms with Gasteiger partial charge in [0, 0.05) is 17.6 Å². The summed E-state index contributed by atoms with van der Waals surface area (Å²) in [5.74, 6) is 1.16. The van der Waals surface area contributed by atoms with Gasteiger partial charge >= 0.3 is 0 Å². The number of nitrogen functional groups attached to an aromatic ring is 1. The number of rotatable bonds is 1. The number of nitrogens with one attached hydrogen (secondary N) is 1. The minimum Gasteiger partial charge on any atom is -0.399 e. The minimum absolute atomic E-state index is 0.493. The number of hydrogen-bond donors (Lipinski definition) is 2. The molecule has 1 heterocycles. The summed E-state index contributed by atoms with van der Waals surface area (Å²) >= 11 is 0. The molecule has 0 unspecified atom stereocenters. The summed E-state index contributed by atoms with van der Waals surface area (Å²) in [6, 6.07) is 17.9. The normalized spacial score (nSPS) is 27.9. The lowest BCUT2D eigenvalue weighted by Crippen LogP contribution is -2.32. The van der Waals surface area contributed by atoms with Gasteiger partial charge in [0.15, 0.2) is 0 Å². The molecule has 1 aliphatic heterocycles. The van der Waals surface area contributed by atoms with E-state index in [2.05, 4.69) is 47.8 Å². The Bertz CT molecular complexity index is 635. The molecular weight excluding hydrogens is 244 g/mol. The molecule has 2 heteroatoms. The van der Waals surface area contributed by atoms with Crippen molar-refractivity contribution in [3.05, 3.63) is 65.2 Å². The first kappa shape index (κ1) is 12.0. The zero-order valence-corrected chi connectivity index (χ0v) is 11.5. The highest BCUT2D eigenvalue weighted by molar-refractivity contribution is 5.50. The SMILES string of the molecule is Nc1cccc([C@H]2c3ccccc3[C@H]3NCCC[C@@H]23)c1. The Morgan fingerprint density at radius 1 is 1.00 bits per heavy atom. The third-order valence-corrected chi connectivity index (χ3v) is 4.87. The molecule has 0 saturated carbocycles. The highest BCUT2D eigenvalue weighted by Crippen LogP contribution is 2.51. The van der Waals surface area contributed by atoms with Gasteiger partial charge in [0.2, 0.25) is 0 Å². The van der Waals surface area contributed by atoms with Gasteiger partial charge in [-0.15, -0.1) is 0 Å². The second-order valence-corrected chi connectivity index (χ2v) is 6.01. The van der Waals surface area contributed by atoms with Crippen molar-refractivity contribution in [1.29, 1.82) is 0 Å². The number of fused-ring (bicyclic) bond motifs is 3. The molecule has 3 N–H and O–H groups in total. The Labute approximate surface area is 120 Å². The summed E-state index contributed by atoms with van der Waals surface area (Å²) in [4.78, 5) is 0. The zero-order chi connectivity index (χ0) is 13.5. The lowest BCUT2D eigenvalue weighted by Gasteiger charge is -2.31. The number of anilines is 1. The van der Waals surface area contributed by atoms with Crippen molar-refractivity contribution in [2.45, 2.75) is 24.8 Å². The van der Waals surface area contributed by atoms with Crippen molar-refractivity contribution < 1.29 is 0 Å². The molecule has 1 saturated heterocycles. The summed E-state index contributed by atoms with van der Waals surface area (Å²) in [7, 11) is 0. The van der Waals surface area contributed by atoms with Crippen LogP contribution in [0.15, 0.2) is 48.5 Å². The first-order valence-corrected chi connectivity index (χ1v) is 7.52. The van der Waals surface area contributed by atoms with Crippen LogP contribution in [0.25, 0.3) is 0 Å². The Morgan fingerprint density at radius 3 is 2.70 bits per heavy atom. The molecule has 0 aromatic heterocycles. The molecule has 2 aromatic carbocycles. The maximum absolute atomic E-state index is 6.00. The van der Waals surface area contributed by atoms with E-state index in [4.69, 9.17) is 5.73 Å². The molecule has 102 valence electrons. The van der Waals surface area contributed by atoms with Crippen LogP contribution in [-0.2, 0) is 0 Å². The number of hydrogen-bond acceptors (Lipinski definition) is 2. The van der Waals surface area contributed by atoms with Crippen LogP contribution in [0.4, 0.5) is 5.69 Å². The van der Waals surface area contributed by atoms with Crippen molar-refractivity contribution in [3.63, 3.8) is 0 Å². The van der Waals surface area contributed by atoms with Gasteiger partial charge in [0.1, 0.15) is 0 Å². The second kappa shape index (κ2) is 4.64. The van der Waals surface area contributed by atoms with E-state index in [0.717, 1.165) is 12.2 Å². The van der Waals surface area contributed by atoms with E-state index < -0.39 is 0 Å². The summed E-state index contributed by atoms with van der Waals surface area (Å²) in [5.41, 5.74) is 11.2. The van der Waals surface area contributed by atoms with E-state index in [1.165, 1.54) is 29.5 Å². The monoisotopic (exact) mass is 264 g/mol. The Morgan fingerprint density at radius 2 is 1.85 bits per heavy atom. The first-order valence-electron chi connectivity index (χ1n) is 7.52. The summed E-state index contributed by atoms with van der Waals surface area (Å²) < 4.78 is 0. The number of nitrogens with two attached hydrogens (primary N) is 1. The van der Waals surface area contributed by atoms with Crippen LogP contribution < -0.4 is 11.1 Å². The van der Waals surface area contributed by atoms with Gasteiger partial charge in [0.05, 0.1) is 0 Å². The van der Waals surface area contributed by atoms with Gasteiger partial charge in [-0.2, -0.15) is 0 Å². The smallest absolute Gasteiger partial charge is 0.0360 e. The van der Waals surface area contributed by atoms with Crippen LogP contribution in [0.1, 0.15) is 41.5 Å². The predicted octanol–water partition coefficient (Wildman–Crippen LogP) is 3.46. The van der Waals surface area contributed by atoms with Gasteiger partial charge in [-0.05, 0) is 54.1 Å². The molecule has 2 aliphatic rings. The van der Waals surface area contributed by atoms with Crippen molar-refractivity contribution >= 4 is 5.69 Å². The molecular formula is C18H20N2. The van der Waals surface area contributed by atoms with Gasteiger partial charge in [-0.25, -0.2) is 0 Å². The van der Waals surface area contributed by atoms with Gasteiger partial charge < -0.3 is 11.1 Å². The summed E-state index contributed by atoms with van der Waals surface area (Å²) in [6.45, 7) is 1.14. The van der Waals surface area contributed by atoms with E-state index >= 15 is 0 Å². The van der Waals surface area contributed by atoms with E-state index in [9.17, 15) is 0 Å². The lowest BCUT2D eigenvalue weighted by atomic mass is 9.80. The van der Waals surface area contributed by atoms with E-state index in [1.807, 2.05) is 6.07 Å². The minimum atomic E-state index is 0.493. The Balaban J connectivity index is 1.85. The van der Waals surface area contributed by atoms with Gasteiger partial charge in [0.25, 0.3) is 0 Å². The molecule has 0 spiro atoms. The second-order valence-electron chi connectivity index (χ2n) is 6.01. The summed E-state index contributed by atoms with van der Waals surface area (Å²) in [5, 5.41) is 3.72. The molecule has 1 aliphatic carbocycles. The number of piperidine rings is 1. The standard InChI is InChI=1S/C18H20N2/c19-13-6-3-5-12(11-13)17-14-7-1-2-8-15(14)18-16(17)9-4-10-20-18/h1-3,5-8,11,16-18,20H,4,9-10,19H2/t16-,17-,18+/m0/s1. The summed E-state index contributed by atoms with van der Waals surface area (Å²) in [6.07, 6.45) is 2.57. The van der Waals surface area contributed by atoms with Crippen LogP contribution in [0, 0.1) is 5.92 Å². The lowest BCUT2D eigenvalue weighted by molar-refractivity contribution is 0.287. The molecule has 4 rings (SSSR count). The highest BCUT2D eigenvalue weighted by Gasteiger charge is 2.42. The zero-order valence-electron chi connectivity index (χ0n) is 11.5. The molecule has 2 aromatic rings. The quantitative estimate of drug-likeness (QED) is 0.774. The Hall–Kier alpha value is -1.80. The average Bonchev–Trinajstić information content (AvgIpc) is 2.82. The van der Waals surface area contributed by atoms with Gasteiger partial charge in [-0.3, -0.25) is 0 Å². The first-order chi connectivity index (χ1) is 9.84. The van der Waals surface area contributed by atoms with Crippen molar-refractivity contribution in [2.24, 2.45) is 5.92 Å². The van der Waals surface area contributed by atoms with Crippen LogP contribution >= 0.6 is 0 Å². The maximum Gasteiger partial charge on any atom is 0.0360 e. The average molecular weight is 264 g/mol. The molecule has 3 atom stereocenters. The van der Waals surface area contributed by atoms with Crippen LogP contribution in [0.5, 0.6) is 0 Å². The van der Waals surface area contributed by atoms with Crippen LogP contribution in [0.3, 0.4) is 0 Å². The van der Waals surface area contributed by atoms with Crippen molar-refractivity contribution in [3.8, 4) is 0 Å². The van der Waals surface area contributed by atoms with Crippen LogP contribution in [0.2, 0.25) is 0 Å². The molecule has 2 nitrogen and oxygen atoms in total. The molecule has 1 fully saturated rings. The fourth-order valence-corrected chi connectivity index (χ4v) is 4.10. The number of benzene rings is 2. The molecule has 0 radical (unpaired) electrons. The predicted molar refractivity (Wildman–Crippen MR) is 82.6 cm³/mol. The van der Waals surface area contributed by atoms with Crippen molar-refractivity contribution in [1.82, 2.24) is 5.32 Å². The topological polar surface area (TPSA) is 38.0 Å². The molecule has 0 amide bonds. The third kappa shape index (κ3) is 1.75. The third-order valence-electron chi connectivity index (χ3n) is 4.87. The van der Waals surface area contributed by atoms with Crippen LogP contribution in [-0.4, -0.2) is 6.54 Å². The molecule has 20 heavy (non-hydrogen) atoms. The highest BCUT2D eigenvalue weighted by atomic mass is 14.9. The maximum atomic E-state index is 6.00. The Kier molecular flexibility index (Phi) is 2.78. The van der Waals surface area contributed by atoms with E-state index in [0.29, 0.717) is 17.9 Å². The van der Waals surface area contributed by atoms with Gasteiger partial charge in [-0.1, -0.05) is 36.4 Å². The van der Waals surface area contributed by atoms with E-state index in [1.54, 1.807) is 0 Å². The fourth-order valence-electron chi connectivity index (χ4n) is 4.10. The largest absolute Gasteiger partial charge is 0.399 e. The fraction of sp³-hybridized carbons (Fsp3) is 0.333.